The van der Waals surface area contributed by atoms with Gasteiger partial charge in [0.25, 0.3) is 10.1 Å². The molecule has 0 heterocycles. The predicted molar refractivity (Wildman–Crippen MR) is 175 cm³/mol. The Hall–Kier alpha value is -0.256. The van der Waals surface area contributed by atoms with Gasteiger partial charge in [-0.2, -0.15) is 8.42 Å². The van der Waals surface area contributed by atoms with Crippen molar-refractivity contribution in [3.05, 3.63) is 24.3 Å². The van der Waals surface area contributed by atoms with Crippen LogP contribution >= 0.6 is 0 Å². The molecule has 1 unspecified atom stereocenters. The fourth-order valence-electron chi connectivity index (χ4n) is 5.84. The third-order valence-electron chi connectivity index (χ3n) is 10.3. The fourth-order valence-corrected chi connectivity index (χ4v) is 9.14. The summed E-state index contributed by atoms with van der Waals surface area (Å²) in [6.45, 7) is 31.9. The molecule has 40 heavy (non-hydrogen) atoms. The summed E-state index contributed by atoms with van der Waals surface area (Å²) < 4.78 is 44.0. The lowest BCUT2D eigenvalue weighted by Gasteiger charge is -2.40. The maximum absolute atomic E-state index is 12.1. The Morgan fingerprint density at radius 3 is 2.10 bits per heavy atom. The highest BCUT2D eigenvalue weighted by atomic mass is 32.2. The van der Waals surface area contributed by atoms with Crippen LogP contribution in [0.1, 0.15) is 93.9 Å². The zero-order valence-electron chi connectivity index (χ0n) is 28.1. The molecule has 0 aliphatic heterocycles. The zero-order valence-corrected chi connectivity index (χ0v) is 30.9. The van der Waals surface area contributed by atoms with Gasteiger partial charge in [0.15, 0.2) is 16.6 Å². The number of rotatable bonds is 13. The van der Waals surface area contributed by atoms with Crippen LogP contribution in [0.2, 0.25) is 36.3 Å². The third-order valence-corrected chi connectivity index (χ3v) is 19.8. The van der Waals surface area contributed by atoms with E-state index in [0.717, 1.165) is 31.1 Å². The SMILES string of the molecule is C=C1C[C@@H]2[C@H](/C=C/[C@H](C[C@H](C)CCCC)O[Si](C)(C)C(C)(C)C)[C@H](O[Si](C)(C)C(C)(C)C)C[C@@H]2C1OS(C)(=O)=O. The molecule has 0 radical (unpaired) electrons. The molecule has 2 saturated carbocycles. The van der Waals surface area contributed by atoms with Crippen LogP contribution in [-0.4, -0.2) is 49.6 Å². The first-order chi connectivity index (χ1) is 18.0. The first-order valence-corrected chi connectivity index (χ1v) is 23.2. The Bertz CT molecular complexity index is 990. The maximum Gasteiger partial charge on any atom is 0.264 e. The van der Waals surface area contributed by atoms with Gasteiger partial charge in [-0.1, -0.05) is 93.4 Å². The molecule has 2 aliphatic carbocycles. The van der Waals surface area contributed by atoms with E-state index in [1.165, 1.54) is 19.3 Å². The van der Waals surface area contributed by atoms with Gasteiger partial charge < -0.3 is 8.85 Å². The minimum absolute atomic E-state index is 0.0388. The standard InChI is InChI=1S/C32H62O5SSi2/c1-15-16-17-23(2)20-25(36-39(11,12)31(4,5)6)18-19-26-27-21-24(3)30(35-38(10,33)34)28(27)22-29(26)37-40(13,14)32(7,8)9/h18-19,23,25-30H,3,15-17,20-22H2,1-2,4-14H3/b19-18+/t23-,25-,26+,27-,28+,29-,30?/m1/s1. The number of hydrogen-bond acceptors (Lipinski definition) is 5. The molecule has 0 saturated heterocycles. The summed E-state index contributed by atoms with van der Waals surface area (Å²) in [6.07, 6.45) is 11.8. The van der Waals surface area contributed by atoms with Crippen LogP contribution in [-0.2, 0) is 23.2 Å². The highest BCUT2D eigenvalue weighted by Crippen LogP contribution is 2.54. The first kappa shape index (κ1) is 35.9. The molecule has 0 aromatic heterocycles. The average molecular weight is 615 g/mol. The van der Waals surface area contributed by atoms with E-state index in [4.69, 9.17) is 13.0 Å². The minimum atomic E-state index is -3.58. The summed E-state index contributed by atoms with van der Waals surface area (Å²) in [5, 5.41) is 0.228. The van der Waals surface area contributed by atoms with Crippen molar-refractivity contribution < 1.29 is 21.5 Å². The van der Waals surface area contributed by atoms with Crippen molar-refractivity contribution in [2.75, 3.05) is 6.26 Å². The zero-order chi connectivity index (χ0) is 30.9. The van der Waals surface area contributed by atoms with E-state index in [2.05, 4.69) is 100 Å². The molecule has 7 atom stereocenters. The first-order valence-electron chi connectivity index (χ1n) is 15.6. The molecule has 0 aromatic carbocycles. The van der Waals surface area contributed by atoms with Gasteiger partial charge in [0.1, 0.15) is 6.10 Å². The second-order valence-electron chi connectivity index (χ2n) is 15.9. The largest absolute Gasteiger partial charge is 0.413 e. The van der Waals surface area contributed by atoms with Crippen LogP contribution in [0.25, 0.3) is 0 Å². The third kappa shape index (κ3) is 9.37. The second kappa shape index (κ2) is 13.2. The number of fused-ring (bicyclic) bond motifs is 1. The summed E-state index contributed by atoms with van der Waals surface area (Å²) >= 11 is 0. The molecule has 8 heteroatoms. The molecule has 0 amide bonds. The monoisotopic (exact) mass is 614 g/mol. The van der Waals surface area contributed by atoms with Crippen molar-refractivity contribution in [1.82, 2.24) is 0 Å². The normalized spacial score (nSPS) is 28.3. The van der Waals surface area contributed by atoms with Gasteiger partial charge in [0, 0.05) is 5.92 Å². The van der Waals surface area contributed by atoms with Crippen molar-refractivity contribution in [2.24, 2.45) is 23.7 Å². The van der Waals surface area contributed by atoms with E-state index in [9.17, 15) is 8.42 Å². The second-order valence-corrected chi connectivity index (χ2v) is 27.0. The molecule has 2 fully saturated rings. The number of hydrogen-bond donors (Lipinski definition) is 0. The Morgan fingerprint density at radius 1 is 1.02 bits per heavy atom. The lowest BCUT2D eigenvalue weighted by atomic mass is 9.89. The van der Waals surface area contributed by atoms with Crippen LogP contribution in [0.4, 0.5) is 0 Å². The highest BCUT2D eigenvalue weighted by Gasteiger charge is 2.54. The highest BCUT2D eigenvalue weighted by molar-refractivity contribution is 7.86. The molecule has 0 aromatic rings. The van der Waals surface area contributed by atoms with Crippen molar-refractivity contribution in [3.63, 3.8) is 0 Å². The van der Waals surface area contributed by atoms with Crippen LogP contribution in [0.3, 0.4) is 0 Å². The van der Waals surface area contributed by atoms with Gasteiger partial charge >= 0.3 is 0 Å². The van der Waals surface area contributed by atoms with E-state index in [-0.39, 0.29) is 40.0 Å². The molecular weight excluding hydrogens is 553 g/mol. The van der Waals surface area contributed by atoms with Gasteiger partial charge in [0.05, 0.1) is 18.5 Å². The van der Waals surface area contributed by atoms with E-state index in [0.29, 0.717) is 5.92 Å². The molecular formula is C32H62O5SSi2. The van der Waals surface area contributed by atoms with Crippen LogP contribution in [0, 0.1) is 23.7 Å². The topological polar surface area (TPSA) is 61.8 Å². The lowest BCUT2D eigenvalue weighted by molar-refractivity contribution is 0.138. The Labute approximate surface area is 250 Å². The molecule has 2 rings (SSSR count). The van der Waals surface area contributed by atoms with Crippen molar-refractivity contribution in [2.45, 2.75) is 148 Å². The molecule has 0 spiro atoms. The fraction of sp³-hybridized carbons (Fsp3) is 0.875. The van der Waals surface area contributed by atoms with Gasteiger partial charge in [0.2, 0.25) is 0 Å². The summed E-state index contributed by atoms with van der Waals surface area (Å²) in [5.74, 6) is 1.13. The Morgan fingerprint density at radius 2 is 1.60 bits per heavy atom. The summed E-state index contributed by atoms with van der Waals surface area (Å²) in [5.41, 5.74) is 0.895. The molecule has 234 valence electrons. The summed E-state index contributed by atoms with van der Waals surface area (Å²) in [6, 6.07) is 0. The van der Waals surface area contributed by atoms with Crippen molar-refractivity contribution in [1.29, 1.82) is 0 Å². The van der Waals surface area contributed by atoms with Gasteiger partial charge in [-0.15, -0.1) is 0 Å². The summed E-state index contributed by atoms with van der Waals surface area (Å²) in [7, 11) is -7.60. The van der Waals surface area contributed by atoms with Crippen LogP contribution < -0.4 is 0 Å². The molecule has 2 aliphatic rings. The number of unbranched alkanes of at least 4 members (excludes halogenated alkanes) is 1. The van der Waals surface area contributed by atoms with E-state index >= 15 is 0 Å². The average Bonchev–Trinajstić information content (AvgIpc) is 3.22. The Kier molecular flexibility index (Phi) is 11.8. The minimum Gasteiger partial charge on any atom is -0.413 e. The van der Waals surface area contributed by atoms with Gasteiger partial charge in [-0.3, -0.25) is 4.18 Å². The van der Waals surface area contributed by atoms with E-state index < -0.39 is 32.9 Å². The van der Waals surface area contributed by atoms with E-state index in [1.807, 2.05) is 0 Å². The Balaban J connectivity index is 2.44. The molecule has 5 nitrogen and oxygen atoms in total. The molecule has 0 N–H and O–H groups in total. The predicted octanol–water partition coefficient (Wildman–Crippen LogP) is 9.10. The van der Waals surface area contributed by atoms with Crippen molar-refractivity contribution >= 4 is 26.8 Å². The molecule has 0 bridgehead atoms. The summed E-state index contributed by atoms with van der Waals surface area (Å²) in [4.78, 5) is 0. The quantitative estimate of drug-likeness (QED) is 0.118. The van der Waals surface area contributed by atoms with E-state index in [1.54, 1.807) is 0 Å². The maximum atomic E-state index is 12.1. The van der Waals surface area contributed by atoms with Crippen LogP contribution in [0.15, 0.2) is 24.3 Å². The van der Waals surface area contributed by atoms with Crippen molar-refractivity contribution in [3.8, 4) is 0 Å². The van der Waals surface area contributed by atoms with Gasteiger partial charge in [-0.05, 0) is 78.9 Å². The van der Waals surface area contributed by atoms with Crippen LogP contribution in [0.5, 0.6) is 0 Å². The smallest absolute Gasteiger partial charge is 0.264 e. The lowest BCUT2D eigenvalue weighted by Crippen LogP contribution is -2.45. The van der Waals surface area contributed by atoms with Gasteiger partial charge in [-0.25, -0.2) is 0 Å².